The molecular weight excluding hydrogens is 254 g/mol. The van der Waals surface area contributed by atoms with Crippen LogP contribution < -0.4 is 10.9 Å². The molecule has 0 unspecified atom stereocenters. The first-order valence-corrected chi connectivity index (χ1v) is 5.52. The van der Waals surface area contributed by atoms with Crippen molar-refractivity contribution in [2.24, 2.45) is 0 Å². The third-order valence-corrected chi connectivity index (χ3v) is 2.60. The molecule has 0 fully saturated rings. The van der Waals surface area contributed by atoms with E-state index in [0.717, 1.165) is 5.39 Å². The second kappa shape index (κ2) is 5.39. The standard InChI is InChI=1S/C14H7N5O/c15-5-11(6-16)13(7-17)19-12-2-1-9-8-18-14(20)4-10(9)3-12/h1-4,8,19H,(H,18,20). The fourth-order valence-corrected chi connectivity index (χ4v) is 1.67. The van der Waals surface area contributed by atoms with Gasteiger partial charge < -0.3 is 10.3 Å². The van der Waals surface area contributed by atoms with E-state index >= 15 is 0 Å². The molecule has 2 aromatic rings. The molecule has 1 aromatic carbocycles. The maximum Gasteiger partial charge on any atom is 0.248 e. The van der Waals surface area contributed by atoms with E-state index in [0.29, 0.717) is 11.1 Å². The van der Waals surface area contributed by atoms with E-state index in [4.69, 9.17) is 15.8 Å². The van der Waals surface area contributed by atoms with Gasteiger partial charge in [0.25, 0.3) is 0 Å². The lowest BCUT2D eigenvalue weighted by atomic mass is 10.1. The van der Waals surface area contributed by atoms with Crippen molar-refractivity contribution in [3.63, 3.8) is 0 Å². The van der Waals surface area contributed by atoms with Crippen LogP contribution in [0.25, 0.3) is 10.8 Å². The first kappa shape index (κ1) is 12.9. The molecule has 1 heterocycles. The predicted molar refractivity (Wildman–Crippen MR) is 72.1 cm³/mol. The summed E-state index contributed by atoms with van der Waals surface area (Å²) in [5, 5.41) is 30.7. The van der Waals surface area contributed by atoms with Gasteiger partial charge in [-0.1, -0.05) is 6.07 Å². The summed E-state index contributed by atoms with van der Waals surface area (Å²) in [5.74, 6) is 0. The van der Waals surface area contributed by atoms with Crippen LogP contribution in [0.3, 0.4) is 0 Å². The number of nitriles is 3. The molecule has 0 spiro atoms. The number of fused-ring (bicyclic) bond motifs is 1. The molecule has 6 heteroatoms. The molecule has 0 aliphatic rings. The lowest BCUT2D eigenvalue weighted by Gasteiger charge is -2.05. The number of hydrogen-bond donors (Lipinski definition) is 2. The number of pyridine rings is 1. The Morgan fingerprint density at radius 1 is 1.05 bits per heavy atom. The Bertz CT molecular complexity index is 871. The van der Waals surface area contributed by atoms with Crippen molar-refractivity contribution in [3.8, 4) is 18.2 Å². The van der Waals surface area contributed by atoms with E-state index in [-0.39, 0.29) is 16.8 Å². The Labute approximate surface area is 113 Å². The largest absolute Gasteiger partial charge is 0.345 e. The van der Waals surface area contributed by atoms with Crippen LogP contribution in [0, 0.1) is 34.0 Å². The maximum atomic E-state index is 11.3. The first-order valence-electron chi connectivity index (χ1n) is 5.52. The molecule has 94 valence electrons. The zero-order valence-electron chi connectivity index (χ0n) is 10.1. The highest BCUT2D eigenvalue weighted by Gasteiger charge is 2.06. The van der Waals surface area contributed by atoms with E-state index in [2.05, 4.69) is 10.3 Å². The first-order chi connectivity index (χ1) is 9.67. The lowest BCUT2D eigenvalue weighted by molar-refractivity contribution is 1.27. The van der Waals surface area contributed by atoms with E-state index < -0.39 is 0 Å². The summed E-state index contributed by atoms with van der Waals surface area (Å²) in [6, 6.07) is 11.6. The molecule has 0 aliphatic heterocycles. The van der Waals surface area contributed by atoms with Crippen LogP contribution >= 0.6 is 0 Å². The van der Waals surface area contributed by atoms with E-state index in [1.54, 1.807) is 42.6 Å². The molecule has 1 aromatic heterocycles. The summed E-state index contributed by atoms with van der Waals surface area (Å²) in [4.78, 5) is 13.8. The van der Waals surface area contributed by atoms with Crippen LogP contribution in [0.1, 0.15) is 0 Å². The fourth-order valence-electron chi connectivity index (χ4n) is 1.67. The third kappa shape index (κ3) is 2.48. The molecule has 0 aliphatic carbocycles. The Hall–Kier alpha value is -3.56. The molecule has 0 radical (unpaired) electrons. The highest BCUT2D eigenvalue weighted by Crippen LogP contribution is 2.19. The molecule has 6 nitrogen and oxygen atoms in total. The van der Waals surface area contributed by atoms with Crippen LogP contribution in [-0.4, -0.2) is 4.98 Å². The summed E-state index contributed by atoms with van der Waals surface area (Å²) in [6.07, 6.45) is 1.58. The second-order valence-corrected chi connectivity index (χ2v) is 3.85. The van der Waals surface area contributed by atoms with E-state index in [1.165, 1.54) is 6.07 Å². The molecule has 0 saturated carbocycles. The molecular formula is C14H7N5O. The average molecular weight is 261 g/mol. The molecule has 0 bridgehead atoms. The van der Waals surface area contributed by atoms with Crippen molar-refractivity contribution >= 4 is 16.5 Å². The molecule has 2 rings (SSSR count). The van der Waals surface area contributed by atoms with Gasteiger partial charge in [0, 0.05) is 18.0 Å². The van der Waals surface area contributed by atoms with E-state index in [1.807, 2.05) is 0 Å². The normalized spacial score (nSPS) is 9.05. The highest BCUT2D eigenvalue weighted by atomic mass is 16.1. The number of hydrogen-bond acceptors (Lipinski definition) is 5. The van der Waals surface area contributed by atoms with Crippen LogP contribution in [0.5, 0.6) is 0 Å². The molecule has 0 saturated heterocycles. The lowest BCUT2D eigenvalue weighted by Crippen LogP contribution is -2.03. The van der Waals surface area contributed by atoms with Crippen molar-refractivity contribution in [3.05, 3.63) is 52.1 Å². The number of H-pyrrole nitrogens is 1. The molecule has 2 N–H and O–H groups in total. The average Bonchev–Trinajstić information content (AvgIpc) is 2.46. The fraction of sp³-hybridized carbons (Fsp3) is 0. The van der Waals surface area contributed by atoms with Gasteiger partial charge in [-0.2, -0.15) is 15.8 Å². The second-order valence-electron chi connectivity index (χ2n) is 3.85. The van der Waals surface area contributed by atoms with Gasteiger partial charge in [-0.15, -0.1) is 0 Å². The number of nitrogens with one attached hydrogen (secondary N) is 2. The van der Waals surface area contributed by atoms with Crippen molar-refractivity contribution in [1.82, 2.24) is 4.98 Å². The summed E-state index contributed by atoms with van der Waals surface area (Å²) >= 11 is 0. The van der Waals surface area contributed by atoms with Crippen LogP contribution in [0.2, 0.25) is 0 Å². The van der Waals surface area contributed by atoms with Crippen LogP contribution in [0.15, 0.2) is 46.5 Å². The quantitative estimate of drug-likeness (QED) is 0.799. The number of rotatable bonds is 2. The van der Waals surface area contributed by atoms with Gasteiger partial charge >= 0.3 is 0 Å². The van der Waals surface area contributed by atoms with Crippen molar-refractivity contribution < 1.29 is 0 Å². The Morgan fingerprint density at radius 2 is 1.80 bits per heavy atom. The van der Waals surface area contributed by atoms with Gasteiger partial charge in [0.1, 0.15) is 23.9 Å². The third-order valence-electron chi connectivity index (χ3n) is 2.60. The molecule has 0 amide bonds. The van der Waals surface area contributed by atoms with Gasteiger partial charge in [0.2, 0.25) is 5.56 Å². The Kier molecular flexibility index (Phi) is 3.47. The number of benzene rings is 1. The number of allylic oxidation sites excluding steroid dienone is 2. The summed E-state index contributed by atoms with van der Waals surface area (Å²) < 4.78 is 0. The van der Waals surface area contributed by atoms with Crippen molar-refractivity contribution in [1.29, 1.82) is 15.8 Å². The van der Waals surface area contributed by atoms with Gasteiger partial charge in [0.05, 0.1) is 0 Å². The summed E-state index contributed by atoms with van der Waals surface area (Å²) in [7, 11) is 0. The smallest absolute Gasteiger partial charge is 0.248 e. The van der Waals surface area contributed by atoms with E-state index in [9.17, 15) is 4.79 Å². The zero-order chi connectivity index (χ0) is 14.5. The number of anilines is 1. The Balaban J connectivity index is 2.48. The SMILES string of the molecule is N#CC(C#N)=C(C#N)Nc1ccc2c[nH]c(=O)cc2c1. The van der Waals surface area contributed by atoms with Gasteiger partial charge in [-0.05, 0) is 22.9 Å². The van der Waals surface area contributed by atoms with Crippen LogP contribution in [0.4, 0.5) is 5.69 Å². The van der Waals surface area contributed by atoms with Crippen molar-refractivity contribution in [2.75, 3.05) is 5.32 Å². The molecule has 0 atom stereocenters. The van der Waals surface area contributed by atoms with Gasteiger partial charge in [0.15, 0.2) is 5.57 Å². The summed E-state index contributed by atoms with van der Waals surface area (Å²) in [6.45, 7) is 0. The topological polar surface area (TPSA) is 116 Å². The monoisotopic (exact) mass is 261 g/mol. The highest BCUT2D eigenvalue weighted by molar-refractivity contribution is 5.85. The summed E-state index contributed by atoms with van der Waals surface area (Å²) in [5.41, 5.74) is -0.138. The minimum atomic E-state index is -0.293. The number of aromatic amines is 1. The minimum absolute atomic E-state index is 0.126. The van der Waals surface area contributed by atoms with Crippen molar-refractivity contribution in [2.45, 2.75) is 0 Å². The van der Waals surface area contributed by atoms with Gasteiger partial charge in [-0.3, -0.25) is 4.79 Å². The van der Waals surface area contributed by atoms with Gasteiger partial charge in [-0.25, -0.2) is 0 Å². The zero-order valence-corrected chi connectivity index (χ0v) is 10.1. The minimum Gasteiger partial charge on any atom is -0.345 e. The molecule has 20 heavy (non-hydrogen) atoms. The maximum absolute atomic E-state index is 11.3. The number of nitrogens with zero attached hydrogens (tertiary/aromatic N) is 3. The predicted octanol–water partition coefficient (Wildman–Crippen LogP) is 1.76. The van der Waals surface area contributed by atoms with Crippen LogP contribution in [-0.2, 0) is 0 Å². The Morgan fingerprint density at radius 3 is 2.45 bits per heavy atom. The number of aromatic nitrogens is 1.